The second-order valence-electron chi connectivity index (χ2n) is 4.77. The van der Waals surface area contributed by atoms with Gasteiger partial charge < -0.3 is 5.32 Å². The van der Waals surface area contributed by atoms with Gasteiger partial charge in [0.1, 0.15) is 4.90 Å². The van der Waals surface area contributed by atoms with E-state index >= 15 is 0 Å². The maximum atomic E-state index is 12.3. The van der Waals surface area contributed by atoms with Crippen LogP contribution in [0.2, 0.25) is 5.02 Å². The number of sulfonamides is 1. The first kappa shape index (κ1) is 15.3. The predicted octanol–water partition coefficient (Wildman–Crippen LogP) is 2.52. The lowest BCUT2D eigenvalue weighted by atomic mass is 10.0. The van der Waals surface area contributed by atoms with Crippen molar-refractivity contribution in [3.8, 4) is 0 Å². The van der Waals surface area contributed by atoms with Gasteiger partial charge in [0.2, 0.25) is 10.0 Å². The van der Waals surface area contributed by atoms with E-state index in [-0.39, 0.29) is 16.0 Å². The largest absolute Gasteiger partial charge is 0.314 e. The van der Waals surface area contributed by atoms with Crippen molar-refractivity contribution in [3.05, 3.63) is 27.7 Å². The fourth-order valence-electron chi connectivity index (χ4n) is 2.22. The quantitative estimate of drug-likeness (QED) is 0.863. The van der Waals surface area contributed by atoms with Gasteiger partial charge in [0.25, 0.3) is 0 Å². The Kier molecular flexibility index (Phi) is 4.89. The van der Waals surface area contributed by atoms with Gasteiger partial charge in [0.15, 0.2) is 0 Å². The van der Waals surface area contributed by atoms with Crippen molar-refractivity contribution in [2.45, 2.75) is 36.7 Å². The highest BCUT2D eigenvalue weighted by Gasteiger charge is 2.25. The molecule has 2 N–H and O–H groups in total. The van der Waals surface area contributed by atoms with Crippen molar-refractivity contribution in [3.63, 3.8) is 0 Å². The highest BCUT2D eigenvalue weighted by molar-refractivity contribution is 9.10. The molecule has 0 aliphatic carbocycles. The van der Waals surface area contributed by atoms with Gasteiger partial charge in [-0.15, -0.1) is 0 Å². The zero-order valence-electron chi connectivity index (χ0n) is 10.5. The number of hydrogen-bond donors (Lipinski definition) is 2. The van der Waals surface area contributed by atoms with Crippen molar-refractivity contribution in [2.24, 2.45) is 0 Å². The maximum absolute atomic E-state index is 12.3. The van der Waals surface area contributed by atoms with Crippen LogP contribution in [0, 0.1) is 0 Å². The van der Waals surface area contributed by atoms with E-state index in [1.165, 1.54) is 6.07 Å². The molecule has 19 heavy (non-hydrogen) atoms. The molecule has 4 nitrogen and oxygen atoms in total. The first-order valence-corrected chi connectivity index (χ1v) is 8.74. The van der Waals surface area contributed by atoms with Gasteiger partial charge in [0, 0.05) is 16.6 Å². The molecule has 1 aliphatic heterocycles. The first-order chi connectivity index (χ1) is 8.88. The number of benzene rings is 1. The molecule has 0 amide bonds. The number of hydrogen-bond acceptors (Lipinski definition) is 3. The van der Waals surface area contributed by atoms with Crippen LogP contribution in [0.3, 0.4) is 0 Å². The third-order valence-corrected chi connectivity index (χ3v) is 5.63. The Labute approximate surface area is 127 Å². The third kappa shape index (κ3) is 3.92. The molecular formula is C12H16BrClN2O2S. The molecule has 106 valence electrons. The van der Waals surface area contributed by atoms with Crippen molar-refractivity contribution in [1.82, 2.24) is 10.0 Å². The van der Waals surface area contributed by atoms with Crippen molar-refractivity contribution >= 4 is 37.6 Å². The van der Waals surface area contributed by atoms with Crippen LogP contribution in [0.25, 0.3) is 0 Å². The van der Waals surface area contributed by atoms with E-state index < -0.39 is 10.0 Å². The third-order valence-electron chi connectivity index (χ3n) is 3.13. The van der Waals surface area contributed by atoms with Crippen LogP contribution in [0.1, 0.15) is 19.8 Å². The van der Waals surface area contributed by atoms with Gasteiger partial charge in [-0.1, -0.05) is 27.5 Å². The van der Waals surface area contributed by atoms with Crippen LogP contribution >= 0.6 is 27.5 Å². The fourth-order valence-corrected chi connectivity index (χ4v) is 4.54. The van der Waals surface area contributed by atoms with Gasteiger partial charge >= 0.3 is 0 Å². The Morgan fingerprint density at radius 3 is 2.84 bits per heavy atom. The maximum Gasteiger partial charge on any atom is 0.242 e. The second kappa shape index (κ2) is 6.10. The summed E-state index contributed by atoms with van der Waals surface area (Å²) in [5.41, 5.74) is 0. The molecule has 7 heteroatoms. The van der Waals surface area contributed by atoms with Gasteiger partial charge in [-0.3, -0.25) is 0 Å². The van der Waals surface area contributed by atoms with Crippen LogP contribution in [-0.4, -0.2) is 27.0 Å². The molecule has 0 aromatic heterocycles. The summed E-state index contributed by atoms with van der Waals surface area (Å²) >= 11 is 9.26. The Bertz CT molecular complexity index is 565. The van der Waals surface area contributed by atoms with Gasteiger partial charge in [-0.25, -0.2) is 13.1 Å². The first-order valence-electron chi connectivity index (χ1n) is 6.09. The summed E-state index contributed by atoms with van der Waals surface area (Å²) in [6.45, 7) is 2.87. The van der Waals surface area contributed by atoms with E-state index in [4.69, 9.17) is 11.6 Å². The Hall–Kier alpha value is -0.140. The van der Waals surface area contributed by atoms with Crippen molar-refractivity contribution < 1.29 is 8.42 Å². The molecule has 2 unspecified atom stereocenters. The fraction of sp³-hybridized carbons (Fsp3) is 0.500. The van der Waals surface area contributed by atoms with E-state index in [1.807, 2.05) is 6.92 Å². The zero-order valence-corrected chi connectivity index (χ0v) is 13.6. The molecule has 2 rings (SSSR count). The molecule has 1 aromatic carbocycles. The lowest BCUT2D eigenvalue weighted by Crippen LogP contribution is -2.46. The summed E-state index contributed by atoms with van der Waals surface area (Å²) < 4.78 is 28.1. The highest BCUT2D eigenvalue weighted by atomic mass is 79.9. The number of nitrogens with one attached hydrogen (secondary N) is 2. The topological polar surface area (TPSA) is 58.2 Å². The molecule has 2 atom stereocenters. The Balaban J connectivity index is 2.18. The molecule has 1 aliphatic rings. The second-order valence-corrected chi connectivity index (χ2v) is 7.78. The summed E-state index contributed by atoms with van der Waals surface area (Å²) in [4.78, 5) is 0.128. The molecule has 0 radical (unpaired) electrons. The molecular weight excluding hydrogens is 352 g/mol. The summed E-state index contributed by atoms with van der Waals surface area (Å²) in [5.74, 6) is 0. The summed E-state index contributed by atoms with van der Waals surface area (Å²) in [6.07, 6.45) is 1.57. The number of halogens is 2. The van der Waals surface area contributed by atoms with Crippen molar-refractivity contribution in [2.75, 3.05) is 6.54 Å². The summed E-state index contributed by atoms with van der Waals surface area (Å²) in [6, 6.07) is 5.05. The minimum Gasteiger partial charge on any atom is -0.314 e. The van der Waals surface area contributed by atoms with E-state index in [9.17, 15) is 8.42 Å². The average molecular weight is 368 g/mol. The van der Waals surface area contributed by atoms with Crippen molar-refractivity contribution in [1.29, 1.82) is 0 Å². The SMILES string of the molecule is CC1CC(NS(=O)(=O)c2ccc(Br)cc2Cl)CCN1. The monoisotopic (exact) mass is 366 g/mol. The van der Waals surface area contributed by atoms with Crippen LogP contribution < -0.4 is 10.0 Å². The number of piperidine rings is 1. The molecule has 0 bridgehead atoms. The van der Waals surface area contributed by atoms with E-state index in [1.54, 1.807) is 12.1 Å². The van der Waals surface area contributed by atoms with Crippen LogP contribution in [0.4, 0.5) is 0 Å². The van der Waals surface area contributed by atoms with E-state index in [2.05, 4.69) is 26.0 Å². The Morgan fingerprint density at radius 1 is 1.47 bits per heavy atom. The average Bonchev–Trinajstić information content (AvgIpc) is 2.27. The molecule has 1 saturated heterocycles. The molecule has 1 aromatic rings. The van der Waals surface area contributed by atoms with E-state index in [0.29, 0.717) is 6.04 Å². The minimum atomic E-state index is -3.56. The van der Waals surface area contributed by atoms with Gasteiger partial charge in [-0.2, -0.15) is 0 Å². The van der Waals surface area contributed by atoms with Crippen LogP contribution in [0.15, 0.2) is 27.6 Å². The predicted molar refractivity (Wildman–Crippen MR) is 80.0 cm³/mol. The van der Waals surface area contributed by atoms with Crippen LogP contribution in [0.5, 0.6) is 0 Å². The molecule has 1 heterocycles. The minimum absolute atomic E-state index is 0.0408. The Morgan fingerprint density at radius 2 is 2.21 bits per heavy atom. The lowest BCUT2D eigenvalue weighted by molar-refractivity contribution is 0.361. The summed E-state index contributed by atoms with van der Waals surface area (Å²) in [7, 11) is -3.56. The van der Waals surface area contributed by atoms with Crippen LogP contribution in [-0.2, 0) is 10.0 Å². The molecule has 0 spiro atoms. The van der Waals surface area contributed by atoms with Gasteiger partial charge in [-0.05, 0) is 44.5 Å². The lowest BCUT2D eigenvalue weighted by Gasteiger charge is -2.28. The standard InChI is InChI=1S/C12H16BrClN2O2S/c1-8-6-10(4-5-15-8)16-19(17,18)12-3-2-9(13)7-11(12)14/h2-3,7-8,10,15-16H,4-6H2,1H3. The zero-order chi connectivity index (χ0) is 14.0. The highest BCUT2D eigenvalue weighted by Crippen LogP contribution is 2.25. The van der Waals surface area contributed by atoms with Gasteiger partial charge in [0.05, 0.1) is 5.02 Å². The smallest absolute Gasteiger partial charge is 0.242 e. The normalized spacial score (nSPS) is 24.4. The molecule has 0 saturated carbocycles. The summed E-state index contributed by atoms with van der Waals surface area (Å²) in [5, 5.41) is 3.52. The van der Waals surface area contributed by atoms with E-state index in [0.717, 1.165) is 23.9 Å². The molecule has 1 fully saturated rings. The number of rotatable bonds is 3.